The smallest absolute Gasteiger partial charge is 0.404 e. The van der Waals surface area contributed by atoms with Crippen LogP contribution in [-0.2, 0) is 24.0 Å². The van der Waals surface area contributed by atoms with Crippen LogP contribution in [0.15, 0.2) is 0 Å². The molecule has 0 radical (unpaired) electrons. The number of rotatable bonds is 14. The van der Waals surface area contributed by atoms with Gasteiger partial charge in [-0.25, -0.2) is 4.79 Å². The highest BCUT2D eigenvalue weighted by molar-refractivity contribution is 5.97. The monoisotopic (exact) mass is 504 g/mol. The predicted octanol–water partition coefficient (Wildman–Crippen LogP) is -0.122. The molecule has 0 aromatic carbocycles. The Labute approximate surface area is 205 Å². The number of carboxylic acids is 2. The zero-order valence-electron chi connectivity index (χ0n) is 21.3. The summed E-state index contributed by atoms with van der Waals surface area (Å²) in [5, 5.41) is 35.7. The number of unbranched alkanes of at least 4 members (excludes halogenated alkanes) is 1. The summed E-state index contributed by atoms with van der Waals surface area (Å²) in [5.74, 6) is -2.50. The third-order valence-electron chi connectivity index (χ3n) is 5.59. The molecule has 7 N–H and O–H groups in total. The Balaban J connectivity index is 0. The quantitative estimate of drug-likeness (QED) is 0.154. The van der Waals surface area contributed by atoms with E-state index >= 15 is 0 Å². The number of carbonyl (C=O) groups is 6. The van der Waals surface area contributed by atoms with E-state index in [0.717, 1.165) is 19.3 Å². The van der Waals surface area contributed by atoms with Gasteiger partial charge < -0.3 is 36.6 Å². The molecule has 202 valence electrons. The third kappa shape index (κ3) is 14.2. The van der Waals surface area contributed by atoms with E-state index in [1.165, 1.54) is 13.8 Å². The van der Waals surface area contributed by atoms with Gasteiger partial charge >= 0.3 is 18.0 Å². The van der Waals surface area contributed by atoms with Crippen molar-refractivity contribution in [1.29, 1.82) is 0 Å². The van der Waals surface area contributed by atoms with Crippen LogP contribution in [0, 0.1) is 5.92 Å². The lowest BCUT2D eigenvalue weighted by molar-refractivity contribution is -0.140. The number of likely N-dealkylation sites (N-methyl/N-ethyl adjacent to an activating group) is 3. The largest absolute Gasteiger partial charge is 0.481 e. The molecule has 1 rings (SSSR count). The van der Waals surface area contributed by atoms with Crippen LogP contribution in [0.2, 0.25) is 0 Å². The molecule has 1 amide bonds. The number of ketones is 3. The molecular formula is C22H40N4O9. The molecule has 0 bridgehead atoms. The topological polar surface area (TPSA) is 211 Å². The van der Waals surface area contributed by atoms with Crippen molar-refractivity contribution in [1.82, 2.24) is 21.3 Å². The van der Waals surface area contributed by atoms with Gasteiger partial charge in [0, 0.05) is 6.54 Å². The van der Waals surface area contributed by atoms with Crippen LogP contribution in [0.25, 0.3) is 0 Å². The first-order chi connectivity index (χ1) is 16.2. The van der Waals surface area contributed by atoms with Gasteiger partial charge in [-0.1, -0.05) is 0 Å². The number of aliphatic carboxylic acids is 2. The molecule has 35 heavy (non-hydrogen) atoms. The molecule has 1 fully saturated rings. The summed E-state index contributed by atoms with van der Waals surface area (Å²) in [6.07, 6.45) is 1.64. The van der Waals surface area contributed by atoms with E-state index in [-0.39, 0.29) is 29.8 Å². The van der Waals surface area contributed by atoms with E-state index in [9.17, 15) is 28.8 Å². The van der Waals surface area contributed by atoms with E-state index in [4.69, 9.17) is 15.3 Å². The molecule has 13 heteroatoms. The first-order valence-corrected chi connectivity index (χ1v) is 11.2. The summed E-state index contributed by atoms with van der Waals surface area (Å²) in [7, 11) is 4.93. The van der Waals surface area contributed by atoms with Crippen LogP contribution in [0.5, 0.6) is 0 Å². The number of carbonyl (C=O) groups excluding carboxylic acids is 3. The van der Waals surface area contributed by atoms with E-state index < -0.39 is 35.5 Å². The number of nitrogens with one attached hydrogen (secondary N) is 4. The second-order valence-corrected chi connectivity index (χ2v) is 8.10. The molecular weight excluding hydrogens is 464 g/mol. The van der Waals surface area contributed by atoms with Crippen molar-refractivity contribution in [2.24, 2.45) is 5.92 Å². The lowest BCUT2D eigenvalue weighted by Crippen LogP contribution is -2.38. The molecule has 0 aliphatic heterocycles. The standard InChI is InChI=1S/C9H18N2O3.C7H11NO3.C6H11NO3/c1-7(12)8(10-2)5-3-4-6-11-9(13)14;1-4(9)7(8-2)3-5(7)6(10)11;1-4(8)5(7-2)3-6(9)10/h8,10-11H,3-6H2,1-2H3,(H,13,14);5,8H,3H2,1-2H3,(H,10,11);5,7H,3H2,1-2H3,(H,9,10). The van der Waals surface area contributed by atoms with E-state index in [1.807, 2.05) is 0 Å². The van der Waals surface area contributed by atoms with Gasteiger partial charge in [-0.2, -0.15) is 0 Å². The van der Waals surface area contributed by atoms with Crippen LogP contribution < -0.4 is 21.3 Å². The maximum atomic E-state index is 11.0. The van der Waals surface area contributed by atoms with Crippen LogP contribution >= 0.6 is 0 Å². The Morgan fingerprint density at radius 1 is 0.857 bits per heavy atom. The van der Waals surface area contributed by atoms with Crippen molar-refractivity contribution >= 4 is 35.4 Å². The SMILES string of the molecule is CNC(CC(=O)O)C(C)=O.CNC(CCCCNC(=O)O)C(C)=O.CNC1(C(C)=O)CC1C(=O)O. The average Bonchev–Trinajstić information content (AvgIpc) is 3.51. The summed E-state index contributed by atoms with van der Waals surface area (Å²) < 4.78 is 0. The molecule has 4 atom stereocenters. The average molecular weight is 505 g/mol. The molecule has 0 aromatic heterocycles. The molecule has 1 aliphatic carbocycles. The Morgan fingerprint density at radius 2 is 1.37 bits per heavy atom. The Bertz CT molecular complexity index is 744. The lowest BCUT2D eigenvalue weighted by atomic mass is 10.1. The van der Waals surface area contributed by atoms with Gasteiger partial charge in [0.1, 0.15) is 11.6 Å². The molecule has 0 aromatic rings. The lowest BCUT2D eigenvalue weighted by Gasteiger charge is -2.11. The third-order valence-corrected chi connectivity index (χ3v) is 5.59. The molecule has 1 saturated carbocycles. The summed E-state index contributed by atoms with van der Waals surface area (Å²) in [6.45, 7) is 4.78. The minimum atomic E-state index is -0.998. The van der Waals surface area contributed by atoms with Crippen LogP contribution in [0.1, 0.15) is 52.9 Å². The first kappa shape index (κ1) is 34.3. The maximum Gasteiger partial charge on any atom is 0.404 e. The zero-order valence-corrected chi connectivity index (χ0v) is 21.3. The molecule has 0 heterocycles. The van der Waals surface area contributed by atoms with Crippen molar-refractivity contribution < 1.29 is 44.1 Å². The normalized spacial score (nSPS) is 19.4. The number of carboxylic acid groups (broad SMARTS) is 3. The van der Waals surface area contributed by atoms with Gasteiger partial charge in [0.2, 0.25) is 0 Å². The van der Waals surface area contributed by atoms with Gasteiger partial charge in [-0.05, 0) is 67.6 Å². The van der Waals surface area contributed by atoms with Gasteiger partial charge in [0.15, 0.2) is 5.78 Å². The first-order valence-electron chi connectivity index (χ1n) is 11.2. The number of hydrogen-bond donors (Lipinski definition) is 7. The minimum Gasteiger partial charge on any atom is -0.481 e. The van der Waals surface area contributed by atoms with E-state index in [1.54, 1.807) is 28.1 Å². The summed E-state index contributed by atoms with van der Waals surface area (Å²) in [4.78, 5) is 63.1. The molecule has 0 spiro atoms. The van der Waals surface area contributed by atoms with E-state index in [2.05, 4.69) is 21.3 Å². The van der Waals surface area contributed by atoms with Crippen LogP contribution in [0.4, 0.5) is 4.79 Å². The highest BCUT2D eigenvalue weighted by Gasteiger charge is 2.61. The maximum absolute atomic E-state index is 11.0. The van der Waals surface area contributed by atoms with Crippen molar-refractivity contribution in [3.63, 3.8) is 0 Å². The molecule has 4 unspecified atom stereocenters. The van der Waals surface area contributed by atoms with Gasteiger partial charge in [0.05, 0.1) is 30.0 Å². The Kier molecular flexibility index (Phi) is 17.2. The number of hydrogen-bond acceptors (Lipinski definition) is 9. The molecule has 13 nitrogen and oxygen atoms in total. The molecule has 1 aliphatic rings. The highest BCUT2D eigenvalue weighted by atomic mass is 16.4. The summed E-state index contributed by atoms with van der Waals surface area (Å²) >= 11 is 0. The van der Waals surface area contributed by atoms with Crippen molar-refractivity contribution in [3.05, 3.63) is 0 Å². The Hall–Kier alpha value is -2.90. The van der Waals surface area contributed by atoms with Crippen molar-refractivity contribution in [3.8, 4) is 0 Å². The fourth-order valence-electron chi connectivity index (χ4n) is 3.25. The van der Waals surface area contributed by atoms with Crippen LogP contribution in [0.3, 0.4) is 0 Å². The minimum absolute atomic E-state index is 0.0904. The number of Topliss-reactive ketones (excluding diaryl/α,β-unsaturated/α-hetero) is 3. The van der Waals surface area contributed by atoms with Gasteiger partial charge in [-0.3, -0.25) is 24.0 Å². The summed E-state index contributed by atoms with van der Waals surface area (Å²) in [5.41, 5.74) is -0.758. The Morgan fingerprint density at radius 3 is 1.60 bits per heavy atom. The second kappa shape index (κ2) is 17.5. The number of amides is 1. The fraction of sp³-hybridized carbons (Fsp3) is 0.727. The van der Waals surface area contributed by atoms with Gasteiger partial charge in [0.25, 0.3) is 0 Å². The van der Waals surface area contributed by atoms with E-state index in [0.29, 0.717) is 13.0 Å². The summed E-state index contributed by atoms with van der Waals surface area (Å²) in [6, 6.07) is -0.641. The van der Waals surface area contributed by atoms with Gasteiger partial charge in [-0.15, -0.1) is 0 Å². The molecule has 0 saturated heterocycles. The fourth-order valence-corrected chi connectivity index (χ4v) is 3.25. The van der Waals surface area contributed by atoms with Crippen molar-refractivity contribution in [2.75, 3.05) is 27.7 Å². The van der Waals surface area contributed by atoms with Crippen molar-refractivity contribution in [2.45, 2.75) is 70.5 Å². The zero-order chi connectivity index (χ0) is 27.8. The van der Waals surface area contributed by atoms with Crippen LogP contribution in [-0.4, -0.2) is 96.0 Å². The second-order valence-electron chi connectivity index (χ2n) is 8.10. The predicted molar refractivity (Wildman–Crippen MR) is 127 cm³/mol. The highest BCUT2D eigenvalue weighted by Crippen LogP contribution is 2.43.